The SMILES string of the molecule is CCC(C)([N-]c1cccc2c1Cc1ccccc1-2)C(C)=[SiH2].[Cl-].[Cl-].[Zr+3]. The molecule has 0 bridgehead atoms. The molecule has 0 spiro atoms. The topological polar surface area (TPSA) is 14.1 Å². The van der Waals surface area contributed by atoms with Gasteiger partial charge in [-0.15, -0.1) is 10.9 Å². The van der Waals surface area contributed by atoms with Crippen molar-refractivity contribution in [3.63, 3.8) is 0 Å². The van der Waals surface area contributed by atoms with Crippen LogP contribution in [0.5, 0.6) is 0 Å². The Bertz CT molecular complexity index is 720. The molecule has 1 atom stereocenters. The second kappa shape index (κ2) is 9.48. The molecule has 0 aromatic heterocycles. The third kappa shape index (κ3) is 4.30. The maximum atomic E-state index is 5.13. The van der Waals surface area contributed by atoms with Gasteiger partial charge in [0.2, 0.25) is 0 Å². The molecule has 1 unspecified atom stereocenters. The average molecular weight is 455 g/mol. The van der Waals surface area contributed by atoms with Crippen molar-refractivity contribution in [1.82, 2.24) is 0 Å². The Morgan fingerprint density at radius 3 is 2.33 bits per heavy atom. The Morgan fingerprint density at radius 1 is 1.08 bits per heavy atom. The Labute approximate surface area is 180 Å². The third-order valence-electron chi connectivity index (χ3n) is 4.80. The van der Waals surface area contributed by atoms with Gasteiger partial charge in [0.25, 0.3) is 0 Å². The number of nitrogens with zero attached hydrogens (tertiary/aromatic N) is 1. The van der Waals surface area contributed by atoms with Crippen LogP contribution in [0.2, 0.25) is 0 Å². The van der Waals surface area contributed by atoms with Crippen LogP contribution in [0.4, 0.5) is 5.69 Å². The minimum atomic E-state index is -0.0532. The summed E-state index contributed by atoms with van der Waals surface area (Å²) >= 11 is 0. The van der Waals surface area contributed by atoms with Crippen molar-refractivity contribution in [2.45, 2.75) is 39.2 Å². The van der Waals surface area contributed by atoms with E-state index in [-0.39, 0.29) is 56.6 Å². The summed E-state index contributed by atoms with van der Waals surface area (Å²) in [5, 5.41) is 6.53. The van der Waals surface area contributed by atoms with Crippen LogP contribution in [-0.4, -0.2) is 20.6 Å². The predicted molar refractivity (Wildman–Crippen MR) is 95.6 cm³/mol. The molecule has 125 valence electrons. The van der Waals surface area contributed by atoms with Crippen molar-refractivity contribution < 1.29 is 51.0 Å². The standard InChI is InChI=1S/C19H22NSi.2ClH.Zr/c1-4-19(3,13(2)21)20-18-11-7-10-16-15-9-6-5-8-14(15)12-17(16)18;;;/h5-11H,4,12,21H2,1-3H3;2*1H;/q-1;;;+3/p-2. The van der Waals surface area contributed by atoms with Crippen LogP contribution in [0.1, 0.15) is 38.3 Å². The van der Waals surface area contributed by atoms with E-state index in [1.54, 1.807) is 0 Å². The van der Waals surface area contributed by atoms with Gasteiger partial charge in [0.15, 0.2) is 0 Å². The fraction of sp³-hybridized carbons (Fsp3) is 0.316. The second-order valence-corrected chi connectivity index (χ2v) is 7.22. The molecule has 2 aromatic carbocycles. The molecule has 5 heteroatoms. The zero-order valence-electron chi connectivity index (χ0n) is 14.4. The van der Waals surface area contributed by atoms with Crippen LogP contribution in [0.3, 0.4) is 0 Å². The molecule has 24 heavy (non-hydrogen) atoms. The maximum Gasteiger partial charge on any atom is 3.00 e. The monoisotopic (exact) mass is 452 g/mol. The molecule has 0 saturated carbocycles. The van der Waals surface area contributed by atoms with Gasteiger partial charge < -0.3 is 30.1 Å². The van der Waals surface area contributed by atoms with Crippen molar-refractivity contribution >= 4 is 20.7 Å². The summed E-state index contributed by atoms with van der Waals surface area (Å²) in [6.07, 6.45) is 2.05. The van der Waals surface area contributed by atoms with Crippen LogP contribution in [0.25, 0.3) is 16.4 Å². The zero-order valence-corrected chi connectivity index (χ0v) is 19.8. The summed E-state index contributed by atoms with van der Waals surface area (Å²) in [7, 11) is 1.97. The molecule has 1 aliphatic carbocycles. The first-order valence-electron chi connectivity index (χ1n) is 7.64. The first-order valence-corrected chi connectivity index (χ1v) is 8.35. The van der Waals surface area contributed by atoms with Crippen molar-refractivity contribution in [3.8, 4) is 11.1 Å². The van der Waals surface area contributed by atoms with Crippen molar-refractivity contribution in [3.05, 3.63) is 58.9 Å². The van der Waals surface area contributed by atoms with E-state index in [2.05, 4.69) is 63.2 Å². The molecule has 1 nitrogen and oxygen atoms in total. The average Bonchev–Trinajstić information content (AvgIpc) is 2.87. The number of fused-ring (bicyclic) bond motifs is 3. The van der Waals surface area contributed by atoms with E-state index < -0.39 is 0 Å². The Morgan fingerprint density at radius 2 is 1.71 bits per heavy atom. The molecule has 0 aliphatic heterocycles. The van der Waals surface area contributed by atoms with E-state index in [1.165, 1.54) is 33.1 Å². The van der Waals surface area contributed by atoms with E-state index in [0.29, 0.717) is 0 Å². The van der Waals surface area contributed by atoms with Gasteiger partial charge in [0.1, 0.15) is 0 Å². The summed E-state index contributed by atoms with van der Waals surface area (Å²) in [5.41, 5.74) is 6.67. The van der Waals surface area contributed by atoms with E-state index in [9.17, 15) is 0 Å². The van der Waals surface area contributed by atoms with Gasteiger partial charge >= 0.3 is 26.2 Å². The van der Waals surface area contributed by atoms with Crippen molar-refractivity contribution in [2.24, 2.45) is 0 Å². The predicted octanol–water partition coefficient (Wildman–Crippen LogP) is -1.74. The first kappa shape index (κ1) is 23.8. The largest absolute Gasteiger partial charge is 3.00 e. The number of rotatable bonds is 4. The Kier molecular flexibility index (Phi) is 9.39. The van der Waals surface area contributed by atoms with E-state index in [1.807, 2.05) is 9.85 Å². The fourth-order valence-corrected chi connectivity index (χ4v) is 3.32. The van der Waals surface area contributed by atoms with Crippen LogP contribution < -0.4 is 24.8 Å². The van der Waals surface area contributed by atoms with E-state index >= 15 is 0 Å². The molecular formula is C19H22Cl2NSiZr. The van der Waals surface area contributed by atoms with Gasteiger partial charge in [-0.25, -0.2) is 0 Å². The summed E-state index contributed by atoms with van der Waals surface area (Å²) in [6.45, 7) is 6.67. The molecule has 0 fully saturated rings. The quantitative estimate of drug-likeness (QED) is 0.416. The molecule has 0 heterocycles. The van der Waals surface area contributed by atoms with Gasteiger partial charge in [-0.1, -0.05) is 73.8 Å². The number of benzene rings is 2. The molecule has 3 rings (SSSR count). The summed E-state index contributed by atoms with van der Waals surface area (Å²) in [6, 6.07) is 15.3. The van der Waals surface area contributed by atoms with Crippen LogP contribution in [0, 0.1) is 0 Å². The number of hydrogen-bond acceptors (Lipinski definition) is 0. The minimum absolute atomic E-state index is 0. The Hall–Kier alpha value is -0.210. The molecule has 1 aliphatic rings. The first-order chi connectivity index (χ1) is 10.0. The van der Waals surface area contributed by atoms with Gasteiger partial charge in [-0.2, -0.15) is 0 Å². The number of halogens is 2. The van der Waals surface area contributed by atoms with Gasteiger partial charge in [-0.3, -0.25) is 0 Å². The van der Waals surface area contributed by atoms with Crippen molar-refractivity contribution in [1.29, 1.82) is 0 Å². The second-order valence-electron chi connectivity index (χ2n) is 6.16. The Balaban J connectivity index is 0.00000176. The van der Waals surface area contributed by atoms with Crippen LogP contribution in [-0.2, 0) is 32.6 Å². The smallest absolute Gasteiger partial charge is 1.00 e. The minimum Gasteiger partial charge on any atom is -1.00 e. The molecule has 0 saturated heterocycles. The van der Waals surface area contributed by atoms with E-state index in [0.717, 1.165) is 12.8 Å². The normalized spacial score (nSPS) is 13.1. The van der Waals surface area contributed by atoms with Gasteiger partial charge in [-0.05, 0) is 39.9 Å². The fourth-order valence-electron chi connectivity index (χ4n) is 2.99. The summed E-state index contributed by atoms with van der Waals surface area (Å²) in [5.74, 6) is 0. The van der Waals surface area contributed by atoms with Crippen LogP contribution >= 0.6 is 0 Å². The molecule has 0 amide bonds. The van der Waals surface area contributed by atoms with E-state index in [4.69, 9.17) is 5.32 Å². The summed E-state index contributed by atoms with van der Waals surface area (Å²) < 4.78 is 0. The number of hydrogen-bond donors (Lipinski definition) is 0. The van der Waals surface area contributed by atoms with Gasteiger partial charge in [0.05, 0.1) is 0 Å². The molecule has 0 N–H and O–H groups in total. The maximum absolute atomic E-state index is 5.13. The third-order valence-corrected chi connectivity index (χ3v) is 5.56. The zero-order chi connectivity index (χ0) is 15.0. The van der Waals surface area contributed by atoms with Gasteiger partial charge in [0, 0.05) is 0 Å². The molecular weight excluding hydrogens is 432 g/mol. The molecule has 1 radical (unpaired) electrons. The molecule has 2 aromatic rings. The van der Waals surface area contributed by atoms with Crippen molar-refractivity contribution in [2.75, 3.05) is 0 Å². The van der Waals surface area contributed by atoms with Crippen LogP contribution in [0.15, 0.2) is 42.5 Å². The summed E-state index contributed by atoms with van der Waals surface area (Å²) in [4.78, 5) is 0.